The van der Waals surface area contributed by atoms with E-state index in [0.29, 0.717) is 21.4 Å². The Morgan fingerprint density at radius 2 is 2.07 bits per heavy atom. The summed E-state index contributed by atoms with van der Waals surface area (Å²) in [5.41, 5.74) is 0. The number of hydrogen-bond donors (Lipinski definition) is 0. The molecule has 2 rings (SSSR count). The molecular weight excluding hydrogens is 248 g/mol. The van der Waals surface area contributed by atoms with Crippen LogP contribution in [0.5, 0.6) is 0 Å². The van der Waals surface area contributed by atoms with Gasteiger partial charge in [0.25, 0.3) is 0 Å². The largest absolute Gasteiger partial charge is 0.261 e. The summed E-state index contributed by atoms with van der Waals surface area (Å²) in [4.78, 5) is 0. The fourth-order valence-corrected chi connectivity index (χ4v) is 11.4. The first-order chi connectivity index (χ1) is 6.88. The van der Waals surface area contributed by atoms with E-state index in [9.17, 15) is 0 Å². The molecule has 4 heteroatoms. The second kappa shape index (κ2) is 6.12. The van der Waals surface area contributed by atoms with Crippen molar-refractivity contribution in [3.05, 3.63) is 6.92 Å². The number of hydrogen-bond acceptors (Lipinski definition) is 2. The Morgan fingerprint density at radius 3 is 2.71 bits per heavy atom. The molecule has 0 aromatic heterocycles. The zero-order valence-corrected chi connectivity index (χ0v) is 11.8. The second-order valence-electron chi connectivity index (χ2n) is 3.53. The zero-order valence-electron chi connectivity index (χ0n) is 8.50. The van der Waals surface area contributed by atoms with Crippen LogP contribution in [-0.2, 0) is 10.9 Å². The van der Waals surface area contributed by atoms with Gasteiger partial charge in [0.15, 0.2) is 5.08 Å². The first-order valence-corrected chi connectivity index (χ1v) is 10.5. The van der Waals surface area contributed by atoms with E-state index in [0.717, 1.165) is 0 Å². The maximum absolute atomic E-state index is 4.40. The van der Waals surface area contributed by atoms with Crippen molar-refractivity contribution in [2.24, 2.45) is 0 Å². The summed E-state index contributed by atoms with van der Waals surface area (Å²) in [7, 11) is 1.16. The van der Waals surface area contributed by atoms with E-state index in [4.69, 9.17) is 0 Å². The molecule has 2 aliphatic rings. The summed E-state index contributed by atoms with van der Waals surface area (Å²) >= 11 is 4.29. The van der Waals surface area contributed by atoms with Crippen LogP contribution in [-0.4, -0.2) is 37.4 Å². The molecule has 0 bridgehead atoms. The molecule has 2 heterocycles. The molecule has 0 spiro atoms. The van der Waals surface area contributed by atoms with E-state index in [1.54, 1.807) is 4.20 Å². The summed E-state index contributed by atoms with van der Waals surface area (Å²) in [5.74, 6) is 5.67. The van der Waals surface area contributed by atoms with Crippen LogP contribution in [0, 0.1) is 6.92 Å². The van der Waals surface area contributed by atoms with Crippen LogP contribution in [0.4, 0.5) is 0 Å². The predicted octanol–water partition coefficient (Wildman–Crippen LogP) is 3.03. The molecule has 82 valence electrons. The monoisotopic (exact) mass is 266 g/mol. The summed E-state index contributed by atoms with van der Waals surface area (Å²) < 4.78 is 1.64. The Kier molecular flexibility index (Phi) is 5.13. The van der Waals surface area contributed by atoms with Gasteiger partial charge in [-0.3, -0.25) is 6.92 Å². The normalized spacial score (nSPS) is 35.4. The van der Waals surface area contributed by atoms with Gasteiger partial charge in [-0.15, -0.1) is 11.8 Å². The fourth-order valence-electron chi connectivity index (χ4n) is 1.63. The summed E-state index contributed by atoms with van der Waals surface area (Å²) in [6.07, 6.45) is 2.86. The van der Waals surface area contributed by atoms with Gasteiger partial charge in [-0.25, -0.2) is 0 Å². The van der Waals surface area contributed by atoms with Crippen molar-refractivity contribution in [2.75, 3.05) is 33.2 Å². The van der Waals surface area contributed by atoms with Crippen LogP contribution >= 0.6 is 34.0 Å². The van der Waals surface area contributed by atoms with Crippen LogP contribution in [0.25, 0.3) is 0 Å². The molecule has 0 saturated carbocycles. The van der Waals surface area contributed by atoms with E-state index in [2.05, 4.69) is 30.4 Å². The lowest BCUT2D eigenvalue weighted by atomic mass is 10.6. The Labute approximate surface area is 102 Å². The van der Waals surface area contributed by atoms with Gasteiger partial charge in [0, 0.05) is 32.4 Å². The van der Waals surface area contributed by atoms with Crippen LogP contribution < -0.4 is 0 Å². The molecule has 0 amide bonds. The molecule has 2 saturated heterocycles. The molecular formula is C10H18S4. The third-order valence-corrected chi connectivity index (χ3v) is 11.5. The van der Waals surface area contributed by atoms with Crippen molar-refractivity contribution in [3.63, 3.8) is 0 Å². The highest BCUT2D eigenvalue weighted by Crippen LogP contribution is 2.32. The minimum atomic E-state index is 0.581. The van der Waals surface area contributed by atoms with E-state index in [1.807, 2.05) is 0 Å². The first-order valence-electron chi connectivity index (χ1n) is 5.07. The van der Waals surface area contributed by atoms with E-state index in [-0.39, 0.29) is 0 Å². The van der Waals surface area contributed by atoms with Gasteiger partial charge in [-0.2, -0.15) is 22.2 Å². The summed E-state index contributed by atoms with van der Waals surface area (Å²) in [5, 5.41) is 2.76. The number of rotatable bonds is 0. The van der Waals surface area contributed by atoms with Gasteiger partial charge in [0.1, 0.15) is 5.75 Å². The molecule has 0 N–H and O–H groups in total. The van der Waals surface area contributed by atoms with Crippen molar-refractivity contribution < 1.29 is 0 Å². The minimum absolute atomic E-state index is 0.581. The first kappa shape index (κ1) is 11.7. The standard InChI is InChI=1S/C10H18S4/c1-10(13-6-2-4-11-8-13)14-7-3-5-12-9-14/h1-9H2. The summed E-state index contributed by atoms with van der Waals surface area (Å²) in [6.45, 7) is 4.40. The molecule has 0 aromatic carbocycles. The highest BCUT2D eigenvalue weighted by molar-refractivity contribution is 8.38. The van der Waals surface area contributed by atoms with Gasteiger partial charge < -0.3 is 0 Å². The quantitative estimate of drug-likeness (QED) is 0.375. The van der Waals surface area contributed by atoms with Gasteiger partial charge >= 0.3 is 0 Å². The third-order valence-electron chi connectivity index (χ3n) is 2.45. The minimum Gasteiger partial charge on any atom is -0.261 e. The molecule has 2 fully saturated rings. The SMILES string of the molecule is [CH2-]C(=S1CCCSC1)[S+]1CCCSC1. The van der Waals surface area contributed by atoms with Gasteiger partial charge in [-0.1, -0.05) is 0 Å². The highest BCUT2D eigenvalue weighted by Gasteiger charge is 2.23. The highest BCUT2D eigenvalue weighted by atomic mass is 32.3. The smallest absolute Gasteiger partial charge is 0.156 e. The second-order valence-corrected chi connectivity index (χ2v) is 11.1. The Balaban J connectivity index is 1.99. The molecule has 0 aromatic rings. The molecule has 2 unspecified atom stereocenters. The average molecular weight is 267 g/mol. The Morgan fingerprint density at radius 1 is 1.21 bits per heavy atom. The van der Waals surface area contributed by atoms with Gasteiger partial charge in [-0.05, 0) is 17.9 Å². The molecule has 2 atom stereocenters. The average Bonchev–Trinajstić information content (AvgIpc) is 2.30. The number of thioether (sulfide) groups is 2. The predicted molar refractivity (Wildman–Crippen MR) is 78.9 cm³/mol. The van der Waals surface area contributed by atoms with E-state index in [1.165, 1.54) is 46.0 Å². The summed E-state index contributed by atoms with van der Waals surface area (Å²) in [6, 6.07) is 0. The topological polar surface area (TPSA) is 0 Å². The van der Waals surface area contributed by atoms with Crippen LogP contribution in [0.15, 0.2) is 0 Å². The van der Waals surface area contributed by atoms with Gasteiger partial charge in [0.05, 0.1) is 0 Å². The van der Waals surface area contributed by atoms with Crippen LogP contribution in [0.3, 0.4) is 0 Å². The molecule has 2 aliphatic heterocycles. The zero-order chi connectivity index (χ0) is 9.80. The lowest BCUT2D eigenvalue weighted by Crippen LogP contribution is -2.24. The van der Waals surface area contributed by atoms with Crippen molar-refractivity contribution >= 4 is 49.1 Å². The fraction of sp³-hybridized carbons (Fsp3) is 0.800. The molecule has 0 radical (unpaired) electrons. The molecule has 0 aliphatic carbocycles. The Bertz CT molecular complexity index is 210. The van der Waals surface area contributed by atoms with Crippen molar-refractivity contribution in [1.29, 1.82) is 0 Å². The van der Waals surface area contributed by atoms with Crippen LogP contribution in [0.1, 0.15) is 12.8 Å². The van der Waals surface area contributed by atoms with Gasteiger partial charge in [0.2, 0.25) is 0 Å². The van der Waals surface area contributed by atoms with Crippen LogP contribution in [0.2, 0.25) is 0 Å². The van der Waals surface area contributed by atoms with Crippen molar-refractivity contribution in [3.8, 4) is 0 Å². The van der Waals surface area contributed by atoms with Crippen molar-refractivity contribution in [2.45, 2.75) is 12.8 Å². The molecule has 0 nitrogen and oxygen atoms in total. The lowest BCUT2D eigenvalue weighted by molar-refractivity contribution is 1.11. The van der Waals surface area contributed by atoms with E-state index < -0.39 is 0 Å². The maximum Gasteiger partial charge on any atom is 0.156 e. The maximum atomic E-state index is 4.40. The van der Waals surface area contributed by atoms with Crippen molar-refractivity contribution in [1.82, 2.24) is 0 Å². The lowest BCUT2D eigenvalue weighted by Gasteiger charge is -2.23. The van der Waals surface area contributed by atoms with E-state index >= 15 is 0 Å². The molecule has 14 heavy (non-hydrogen) atoms. The third kappa shape index (κ3) is 3.13. The Hall–Kier alpha value is 1.27.